The molecule has 8 heteroatoms. The number of thioether (sulfide) groups is 1. The number of nitrogens with one attached hydrogen (secondary N) is 1. The van der Waals surface area contributed by atoms with Crippen LogP contribution in [-0.2, 0) is 18.4 Å². The van der Waals surface area contributed by atoms with Crippen LogP contribution in [0.5, 0.6) is 0 Å². The summed E-state index contributed by atoms with van der Waals surface area (Å²) in [6.07, 6.45) is 1.80. The number of anilines is 1. The van der Waals surface area contributed by atoms with E-state index >= 15 is 0 Å². The first-order valence-electron chi connectivity index (χ1n) is 8.94. The van der Waals surface area contributed by atoms with E-state index in [1.165, 1.54) is 11.8 Å². The van der Waals surface area contributed by atoms with Gasteiger partial charge in [-0.2, -0.15) is 5.10 Å². The summed E-state index contributed by atoms with van der Waals surface area (Å²) in [6, 6.07) is 8.11. The Balaban J connectivity index is 1.75. The Morgan fingerprint density at radius 1 is 1.29 bits per heavy atom. The number of rotatable bonds is 7. The van der Waals surface area contributed by atoms with Gasteiger partial charge >= 0.3 is 0 Å². The minimum atomic E-state index is -0.102. The topological polar surface area (TPSA) is 77.6 Å². The Bertz CT molecular complexity index is 1020. The number of hydrogen-bond acceptors (Lipinski definition) is 5. The molecule has 1 aromatic carbocycles. The first-order valence-corrected chi connectivity index (χ1v) is 9.93. The third-order valence-electron chi connectivity index (χ3n) is 4.41. The summed E-state index contributed by atoms with van der Waals surface area (Å²) in [7, 11) is 1.86. The van der Waals surface area contributed by atoms with Crippen LogP contribution in [0.1, 0.15) is 17.0 Å². The van der Waals surface area contributed by atoms with Crippen molar-refractivity contribution in [2.75, 3.05) is 11.1 Å². The first-order chi connectivity index (χ1) is 13.4. The number of carbonyl (C=O) groups is 1. The molecule has 0 radical (unpaired) electrons. The van der Waals surface area contributed by atoms with Gasteiger partial charge in [0.25, 0.3) is 0 Å². The average Bonchev–Trinajstić information content (AvgIpc) is 3.16. The Labute approximate surface area is 168 Å². The van der Waals surface area contributed by atoms with Gasteiger partial charge in [-0.15, -0.1) is 16.8 Å². The minimum Gasteiger partial charge on any atom is -0.322 e. The van der Waals surface area contributed by atoms with E-state index in [0.29, 0.717) is 11.7 Å². The molecule has 0 bridgehead atoms. The number of nitrogens with zero attached hydrogens (tertiary/aromatic N) is 5. The maximum atomic E-state index is 12.4. The van der Waals surface area contributed by atoms with Gasteiger partial charge in [0.15, 0.2) is 11.0 Å². The zero-order valence-electron chi connectivity index (χ0n) is 16.6. The van der Waals surface area contributed by atoms with E-state index in [2.05, 4.69) is 33.3 Å². The number of hydrogen-bond donors (Lipinski definition) is 1. The zero-order valence-corrected chi connectivity index (χ0v) is 17.4. The van der Waals surface area contributed by atoms with Gasteiger partial charge in [0, 0.05) is 19.2 Å². The summed E-state index contributed by atoms with van der Waals surface area (Å²) >= 11 is 1.35. The van der Waals surface area contributed by atoms with Crippen LogP contribution < -0.4 is 5.32 Å². The lowest BCUT2D eigenvalue weighted by Gasteiger charge is -2.09. The van der Waals surface area contributed by atoms with Crippen molar-refractivity contribution in [1.82, 2.24) is 24.5 Å². The summed E-state index contributed by atoms with van der Waals surface area (Å²) in [6.45, 7) is 10.2. The highest BCUT2D eigenvalue weighted by atomic mass is 32.2. The molecule has 146 valence electrons. The lowest BCUT2D eigenvalue weighted by Crippen LogP contribution is -2.15. The largest absolute Gasteiger partial charge is 0.322 e. The molecule has 0 aliphatic carbocycles. The third kappa shape index (κ3) is 4.17. The van der Waals surface area contributed by atoms with Gasteiger partial charge < -0.3 is 5.32 Å². The number of aryl methyl sites for hydroxylation is 3. The van der Waals surface area contributed by atoms with E-state index in [1.807, 2.05) is 50.6 Å². The normalized spacial score (nSPS) is 10.9. The summed E-state index contributed by atoms with van der Waals surface area (Å²) < 4.78 is 3.73. The second-order valence-electron chi connectivity index (χ2n) is 6.58. The van der Waals surface area contributed by atoms with E-state index in [9.17, 15) is 4.79 Å². The van der Waals surface area contributed by atoms with Crippen LogP contribution >= 0.6 is 11.8 Å². The molecule has 0 saturated heterocycles. The lowest BCUT2D eigenvalue weighted by molar-refractivity contribution is -0.113. The molecule has 0 aliphatic rings. The van der Waals surface area contributed by atoms with E-state index in [1.54, 1.807) is 10.8 Å². The molecular weight excluding hydrogens is 372 g/mol. The zero-order chi connectivity index (χ0) is 20.3. The highest BCUT2D eigenvalue weighted by Crippen LogP contribution is 2.25. The van der Waals surface area contributed by atoms with Crippen molar-refractivity contribution in [3.8, 4) is 11.4 Å². The molecule has 0 spiro atoms. The van der Waals surface area contributed by atoms with Crippen molar-refractivity contribution in [2.45, 2.75) is 32.5 Å². The summed E-state index contributed by atoms with van der Waals surface area (Å²) in [5.74, 6) is 0.900. The van der Waals surface area contributed by atoms with Crippen molar-refractivity contribution in [3.05, 3.63) is 53.9 Å². The van der Waals surface area contributed by atoms with Crippen molar-refractivity contribution >= 4 is 23.4 Å². The Morgan fingerprint density at radius 3 is 2.71 bits per heavy atom. The average molecular weight is 397 g/mol. The fourth-order valence-corrected chi connectivity index (χ4v) is 3.69. The molecular formula is C20H24N6OS. The number of amides is 1. The van der Waals surface area contributed by atoms with E-state index < -0.39 is 0 Å². The molecule has 2 aromatic heterocycles. The standard InChI is InChI=1S/C20H24N6OS/c1-6-10-26-19(16-9-7-8-13(2)11-16)22-23-20(26)28-12-17(27)21-18-14(3)24-25(5)15(18)4/h6-9,11H,1,10,12H2,2-5H3,(H,21,27). The number of aromatic nitrogens is 5. The molecule has 1 N–H and O–H groups in total. The van der Waals surface area contributed by atoms with Crippen molar-refractivity contribution in [1.29, 1.82) is 0 Å². The van der Waals surface area contributed by atoms with Crippen molar-refractivity contribution < 1.29 is 4.79 Å². The molecule has 7 nitrogen and oxygen atoms in total. The minimum absolute atomic E-state index is 0.102. The van der Waals surface area contributed by atoms with Gasteiger partial charge in [0.05, 0.1) is 22.8 Å². The van der Waals surface area contributed by atoms with Gasteiger partial charge in [-0.25, -0.2) is 0 Å². The molecule has 1 amide bonds. The van der Waals surface area contributed by atoms with Gasteiger partial charge in [-0.1, -0.05) is 41.6 Å². The second kappa shape index (κ2) is 8.43. The second-order valence-corrected chi connectivity index (χ2v) is 7.52. The number of carbonyl (C=O) groups excluding carboxylic acids is 1. The molecule has 0 saturated carbocycles. The SMILES string of the molecule is C=CCn1c(SCC(=O)Nc2c(C)nn(C)c2C)nnc1-c1cccc(C)c1. The van der Waals surface area contributed by atoms with Crippen molar-refractivity contribution in [3.63, 3.8) is 0 Å². The van der Waals surface area contributed by atoms with Crippen LogP contribution in [-0.4, -0.2) is 36.2 Å². The third-order valence-corrected chi connectivity index (χ3v) is 5.38. The number of benzene rings is 1. The smallest absolute Gasteiger partial charge is 0.234 e. The van der Waals surface area contributed by atoms with Crippen LogP contribution in [0.2, 0.25) is 0 Å². The molecule has 0 atom stereocenters. The van der Waals surface area contributed by atoms with Crippen LogP contribution in [0.15, 0.2) is 42.1 Å². The molecule has 0 fully saturated rings. The van der Waals surface area contributed by atoms with E-state index in [-0.39, 0.29) is 11.7 Å². The monoisotopic (exact) mass is 396 g/mol. The van der Waals surface area contributed by atoms with Gasteiger partial charge in [-0.05, 0) is 26.8 Å². The van der Waals surface area contributed by atoms with Gasteiger partial charge in [0.1, 0.15) is 0 Å². The maximum Gasteiger partial charge on any atom is 0.234 e. The van der Waals surface area contributed by atoms with Crippen LogP contribution in [0.3, 0.4) is 0 Å². The number of allylic oxidation sites excluding steroid dienone is 1. The summed E-state index contributed by atoms with van der Waals surface area (Å²) in [5, 5.41) is 16.6. The molecule has 3 aromatic rings. The predicted molar refractivity (Wildman–Crippen MR) is 112 cm³/mol. The predicted octanol–water partition coefficient (Wildman–Crippen LogP) is 3.52. The van der Waals surface area contributed by atoms with Gasteiger partial charge in [0.2, 0.25) is 5.91 Å². The molecule has 2 heterocycles. The van der Waals surface area contributed by atoms with Gasteiger partial charge in [-0.3, -0.25) is 14.0 Å². The first kappa shape index (κ1) is 19.9. The molecule has 0 aliphatic heterocycles. The Hall–Kier alpha value is -2.87. The summed E-state index contributed by atoms with van der Waals surface area (Å²) in [5.41, 5.74) is 4.64. The summed E-state index contributed by atoms with van der Waals surface area (Å²) in [4.78, 5) is 12.4. The highest BCUT2D eigenvalue weighted by molar-refractivity contribution is 7.99. The quantitative estimate of drug-likeness (QED) is 0.488. The van der Waals surface area contributed by atoms with Crippen molar-refractivity contribution in [2.24, 2.45) is 7.05 Å². The molecule has 0 unspecified atom stereocenters. The highest BCUT2D eigenvalue weighted by Gasteiger charge is 2.17. The van der Waals surface area contributed by atoms with E-state index in [4.69, 9.17) is 0 Å². The fourth-order valence-electron chi connectivity index (χ4n) is 2.95. The van der Waals surface area contributed by atoms with E-state index in [0.717, 1.165) is 34.0 Å². The fraction of sp³-hybridized carbons (Fsp3) is 0.300. The molecule has 3 rings (SSSR count). The maximum absolute atomic E-state index is 12.4. The Kier molecular flexibility index (Phi) is 5.99. The van der Waals surface area contributed by atoms with Crippen LogP contribution in [0.25, 0.3) is 11.4 Å². The van der Waals surface area contributed by atoms with Crippen LogP contribution in [0.4, 0.5) is 5.69 Å². The Morgan fingerprint density at radius 2 is 2.07 bits per heavy atom. The molecule has 28 heavy (non-hydrogen) atoms. The lowest BCUT2D eigenvalue weighted by atomic mass is 10.1. The van der Waals surface area contributed by atoms with Crippen LogP contribution in [0, 0.1) is 20.8 Å².